The summed E-state index contributed by atoms with van der Waals surface area (Å²) in [5.41, 5.74) is 0.959. The van der Waals surface area contributed by atoms with Crippen molar-refractivity contribution in [1.82, 2.24) is 5.32 Å². The van der Waals surface area contributed by atoms with E-state index in [4.69, 9.17) is 0 Å². The number of hydrogen-bond acceptors (Lipinski definition) is 3. The maximum Gasteiger partial charge on any atom is 0.244 e. The quantitative estimate of drug-likeness (QED) is 0.646. The Hall–Kier alpha value is -1.91. The molecular formula is C13H16N2O3. The van der Waals surface area contributed by atoms with E-state index >= 15 is 0 Å². The van der Waals surface area contributed by atoms with Crippen LogP contribution in [0.5, 0.6) is 0 Å². The van der Waals surface area contributed by atoms with Gasteiger partial charge in [-0.3, -0.25) is 14.9 Å². The average molecular weight is 248 g/mol. The predicted octanol–water partition coefficient (Wildman–Crippen LogP) is 1.40. The Morgan fingerprint density at radius 1 is 1.33 bits per heavy atom. The summed E-state index contributed by atoms with van der Waals surface area (Å²) >= 11 is 0. The lowest BCUT2D eigenvalue weighted by Gasteiger charge is -2.13. The molecule has 0 unspecified atom stereocenters. The van der Waals surface area contributed by atoms with Gasteiger partial charge in [0.2, 0.25) is 11.9 Å². The number of amides is 1. The Labute approximate surface area is 105 Å². The number of nitrogens with zero attached hydrogens (tertiary/aromatic N) is 1. The molecule has 0 aliphatic carbocycles. The van der Waals surface area contributed by atoms with Gasteiger partial charge in [-0.1, -0.05) is 37.3 Å². The van der Waals surface area contributed by atoms with E-state index in [1.54, 1.807) is 0 Å². The third kappa shape index (κ3) is 2.34. The van der Waals surface area contributed by atoms with E-state index in [0.29, 0.717) is 12.8 Å². The molecule has 0 saturated carbocycles. The summed E-state index contributed by atoms with van der Waals surface area (Å²) in [7, 11) is 0. The fourth-order valence-corrected chi connectivity index (χ4v) is 2.53. The van der Waals surface area contributed by atoms with Crippen LogP contribution in [0.25, 0.3) is 0 Å². The van der Waals surface area contributed by atoms with Crippen LogP contribution in [-0.4, -0.2) is 22.9 Å². The fraction of sp³-hybridized carbons (Fsp3) is 0.462. The van der Waals surface area contributed by atoms with Gasteiger partial charge in [-0.05, 0) is 18.4 Å². The third-order valence-electron chi connectivity index (χ3n) is 3.47. The van der Waals surface area contributed by atoms with Gasteiger partial charge in [0.1, 0.15) is 5.92 Å². The van der Waals surface area contributed by atoms with Crippen LogP contribution in [-0.2, 0) is 11.2 Å². The molecule has 3 atom stereocenters. The molecule has 1 amide bonds. The Bertz CT molecular complexity index is 447. The first kappa shape index (κ1) is 12.5. The normalized spacial score (nSPS) is 26.9. The molecule has 2 rings (SSSR count). The van der Waals surface area contributed by atoms with Crippen molar-refractivity contribution in [2.24, 2.45) is 5.92 Å². The van der Waals surface area contributed by atoms with Gasteiger partial charge < -0.3 is 5.32 Å². The summed E-state index contributed by atoms with van der Waals surface area (Å²) in [6.07, 6.45) is 1.01. The highest BCUT2D eigenvalue weighted by Gasteiger charge is 2.49. The van der Waals surface area contributed by atoms with Gasteiger partial charge in [0, 0.05) is 4.92 Å². The predicted molar refractivity (Wildman–Crippen MR) is 66.6 cm³/mol. The van der Waals surface area contributed by atoms with Crippen molar-refractivity contribution < 1.29 is 9.72 Å². The summed E-state index contributed by atoms with van der Waals surface area (Å²) in [6.45, 7) is 1.85. The maximum atomic E-state index is 11.8. The molecule has 1 fully saturated rings. The highest BCUT2D eigenvalue weighted by Crippen LogP contribution is 2.25. The lowest BCUT2D eigenvalue weighted by atomic mass is 9.91. The second-order valence-electron chi connectivity index (χ2n) is 4.60. The summed E-state index contributed by atoms with van der Waals surface area (Å²) < 4.78 is 0. The Morgan fingerprint density at radius 2 is 2.00 bits per heavy atom. The SMILES string of the molecule is CC[C@H]1NC(=O)[C@@H](Cc2ccccc2)[C@@H]1[N+](=O)[O-]. The van der Waals surface area contributed by atoms with Crippen LogP contribution in [0.3, 0.4) is 0 Å². The number of carbonyl (C=O) groups is 1. The second kappa shape index (κ2) is 5.16. The largest absolute Gasteiger partial charge is 0.346 e. The molecule has 1 aliphatic heterocycles. The number of rotatable bonds is 4. The third-order valence-corrected chi connectivity index (χ3v) is 3.47. The first-order chi connectivity index (χ1) is 8.63. The van der Waals surface area contributed by atoms with Crippen molar-refractivity contribution in [3.05, 3.63) is 46.0 Å². The van der Waals surface area contributed by atoms with Gasteiger partial charge in [-0.25, -0.2) is 0 Å². The van der Waals surface area contributed by atoms with Crippen molar-refractivity contribution in [2.75, 3.05) is 0 Å². The summed E-state index contributed by atoms with van der Waals surface area (Å²) in [5, 5.41) is 13.9. The van der Waals surface area contributed by atoms with Gasteiger partial charge in [0.05, 0.1) is 6.04 Å². The van der Waals surface area contributed by atoms with Gasteiger partial charge in [0.15, 0.2) is 0 Å². The minimum absolute atomic E-state index is 0.201. The van der Waals surface area contributed by atoms with Gasteiger partial charge >= 0.3 is 0 Å². The molecule has 1 aliphatic rings. The van der Waals surface area contributed by atoms with E-state index < -0.39 is 12.0 Å². The standard InChI is InChI=1S/C13H16N2O3/c1-2-11-12(15(17)18)10(13(16)14-11)8-9-6-4-3-5-7-9/h3-7,10-12H,2,8H2,1H3,(H,14,16)/t10-,11+,12-/m0/s1. The topological polar surface area (TPSA) is 72.2 Å². The van der Waals surface area contributed by atoms with Crippen molar-refractivity contribution in [2.45, 2.75) is 31.8 Å². The molecule has 18 heavy (non-hydrogen) atoms. The minimum Gasteiger partial charge on any atom is -0.346 e. The van der Waals surface area contributed by atoms with Crippen LogP contribution in [0, 0.1) is 16.0 Å². The Balaban J connectivity index is 2.19. The summed E-state index contributed by atoms with van der Waals surface area (Å²) in [4.78, 5) is 22.7. The average Bonchev–Trinajstić information content (AvgIpc) is 2.67. The van der Waals surface area contributed by atoms with Crippen LogP contribution < -0.4 is 5.32 Å². The molecular weight excluding hydrogens is 232 g/mol. The Kier molecular flexibility index (Phi) is 3.60. The zero-order valence-corrected chi connectivity index (χ0v) is 10.2. The van der Waals surface area contributed by atoms with Crippen LogP contribution in [0.15, 0.2) is 30.3 Å². The number of carbonyl (C=O) groups excluding carboxylic acids is 1. The minimum atomic E-state index is -0.817. The molecule has 0 bridgehead atoms. The monoisotopic (exact) mass is 248 g/mol. The number of nitrogens with one attached hydrogen (secondary N) is 1. The number of benzene rings is 1. The zero-order valence-electron chi connectivity index (χ0n) is 10.2. The zero-order chi connectivity index (χ0) is 13.1. The number of hydrogen-bond donors (Lipinski definition) is 1. The van der Waals surface area contributed by atoms with Crippen LogP contribution in [0.2, 0.25) is 0 Å². The summed E-state index contributed by atoms with van der Waals surface area (Å²) in [6, 6.07) is 8.26. The molecule has 1 N–H and O–H groups in total. The molecule has 0 aromatic heterocycles. The molecule has 1 heterocycles. The number of nitro groups is 1. The van der Waals surface area contributed by atoms with E-state index in [9.17, 15) is 14.9 Å². The smallest absolute Gasteiger partial charge is 0.244 e. The molecule has 0 spiro atoms. The van der Waals surface area contributed by atoms with Gasteiger partial charge in [0.25, 0.3) is 0 Å². The molecule has 0 radical (unpaired) electrons. The van der Waals surface area contributed by atoms with Crippen molar-refractivity contribution in [3.8, 4) is 0 Å². The van der Waals surface area contributed by atoms with Crippen molar-refractivity contribution in [3.63, 3.8) is 0 Å². The molecule has 1 aromatic rings. The van der Waals surface area contributed by atoms with Gasteiger partial charge in [-0.2, -0.15) is 0 Å². The van der Waals surface area contributed by atoms with E-state index in [1.165, 1.54) is 0 Å². The van der Waals surface area contributed by atoms with Crippen LogP contribution >= 0.6 is 0 Å². The van der Waals surface area contributed by atoms with Crippen LogP contribution in [0.4, 0.5) is 0 Å². The highest BCUT2D eigenvalue weighted by atomic mass is 16.6. The summed E-state index contributed by atoms with van der Waals surface area (Å²) in [5.74, 6) is -0.764. The van der Waals surface area contributed by atoms with Crippen molar-refractivity contribution in [1.29, 1.82) is 0 Å². The van der Waals surface area contributed by atoms with Crippen molar-refractivity contribution >= 4 is 5.91 Å². The molecule has 5 heteroatoms. The Morgan fingerprint density at radius 3 is 2.56 bits per heavy atom. The van der Waals surface area contributed by atoms with E-state index in [2.05, 4.69) is 5.32 Å². The molecule has 1 aromatic carbocycles. The fourth-order valence-electron chi connectivity index (χ4n) is 2.53. The lowest BCUT2D eigenvalue weighted by Crippen LogP contribution is -2.37. The van der Waals surface area contributed by atoms with E-state index in [1.807, 2.05) is 37.3 Å². The molecule has 1 saturated heterocycles. The van der Waals surface area contributed by atoms with E-state index in [0.717, 1.165) is 5.56 Å². The van der Waals surface area contributed by atoms with Gasteiger partial charge in [-0.15, -0.1) is 0 Å². The lowest BCUT2D eigenvalue weighted by molar-refractivity contribution is -0.530. The van der Waals surface area contributed by atoms with E-state index in [-0.39, 0.29) is 16.9 Å². The maximum absolute atomic E-state index is 11.8. The molecule has 96 valence electrons. The first-order valence-corrected chi connectivity index (χ1v) is 6.11. The van der Waals surface area contributed by atoms with Crippen LogP contribution in [0.1, 0.15) is 18.9 Å². The highest BCUT2D eigenvalue weighted by molar-refractivity contribution is 5.82. The second-order valence-corrected chi connectivity index (χ2v) is 4.60. The molecule has 5 nitrogen and oxygen atoms in total. The first-order valence-electron chi connectivity index (χ1n) is 6.11.